The van der Waals surface area contributed by atoms with Crippen LogP contribution in [0.25, 0.3) is 0 Å². The molecule has 25 heavy (non-hydrogen) atoms. The Bertz CT molecular complexity index is 589. The third-order valence-electron chi connectivity index (χ3n) is 3.75. The second kappa shape index (κ2) is 9.74. The number of likely N-dealkylation sites (N-methyl/N-ethyl adjacent to an activating group) is 1. The molecule has 2 rings (SSSR count). The number of aliphatic imine (C=N–C) groups is 1. The predicted octanol–water partition coefficient (Wildman–Crippen LogP) is 1.94. The number of hydrogen-bond acceptors (Lipinski definition) is 4. The number of guanidine groups is 1. The van der Waals surface area contributed by atoms with Crippen LogP contribution < -0.4 is 15.4 Å². The maximum absolute atomic E-state index is 12.5. The van der Waals surface area contributed by atoms with E-state index in [4.69, 9.17) is 16.3 Å². The summed E-state index contributed by atoms with van der Waals surface area (Å²) in [6.07, 6.45) is 0.0706. The Morgan fingerprint density at radius 2 is 2.28 bits per heavy atom. The van der Waals surface area contributed by atoms with Crippen molar-refractivity contribution in [2.75, 3.05) is 40.3 Å². The Morgan fingerprint density at radius 3 is 2.96 bits per heavy atom. The molecule has 0 saturated carbocycles. The minimum atomic E-state index is -2.89. The van der Waals surface area contributed by atoms with Crippen molar-refractivity contribution in [3.05, 3.63) is 28.8 Å². The van der Waals surface area contributed by atoms with E-state index in [1.54, 1.807) is 13.1 Å². The molecule has 2 N–H and O–H groups in total. The van der Waals surface area contributed by atoms with E-state index in [-0.39, 0.29) is 18.4 Å². The van der Waals surface area contributed by atoms with E-state index in [9.17, 15) is 8.78 Å². The zero-order valence-corrected chi connectivity index (χ0v) is 15.0. The van der Waals surface area contributed by atoms with Gasteiger partial charge in [-0.2, -0.15) is 8.78 Å². The number of benzene rings is 1. The van der Waals surface area contributed by atoms with E-state index in [1.165, 1.54) is 12.1 Å². The molecule has 1 unspecified atom stereocenters. The quantitative estimate of drug-likeness (QED) is 0.587. The SMILES string of the molecule is CN=C(NCc1cc(Cl)ccc1OC(F)F)NCC1CN(C)CCO1. The summed E-state index contributed by atoms with van der Waals surface area (Å²) in [4.78, 5) is 6.32. The molecule has 0 spiro atoms. The lowest BCUT2D eigenvalue weighted by molar-refractivity contribution is -0.0504. The van der Waals surface area contributed by atoms with Crippen LogP contribution in [0.2, 0.25) is 5.02 Å². The molecule has 0 radical (unpaired) electrons. The Balaban J connectivity index is 1.89. The second-order valence-electron chi connectivity index (χ2n) is 5.69. The van der Waals surface area contributed by atoms with Gasteiger partial charge in [-0.05, 0) is 25.2 Å². The standard InChI is InChI=1S/C16H23ClF2N4O2/c1-20-16(22-9-13-10-23(2)5-6-24-13)21-8-11-7-12(17)3-4-14(11)25-15(18)19/h3-4,7,13,15H,5-6,8-10H2,1-2H3,(H2,20,21,22). The van der Waals surface area contributed by atoms with Gasteiger partial charge < -0.3 is 25.0 Å². The maximum Gasteiger partial charge on any atom is 0.387 e. The number of nitrogens with one attached hydrogen (secondary N) is 2. The molecule has 1 aliphatic rings. The summed E-state index contributed by atoms with van der Waals surface area (Å²) in [6, 6.07) is 4.51. The van der Waals surface area contributed by atoms with E-state index in [1.807, 2.05) is 7.05 Å². The molecule has 0 amide bonds. The zero-order valence-electron chi connectivity index (χ0n) is 14.3. The summed E-state index contributed by atoms with van der Waals surface area (Å²) in [7, 11) is 3.68. The fraction of sp³-hybridized carbons (Fsp3) is 0.562. The number of halogens is 3. The third kappa shape index (κ3) is 6.64. The zero-order chi connectivity index (χ0) is 18.2. The Morgan fingerprint density at radius 1 is 1.48 bits per heavy atom. The highest BCUT2D eigenvalue weighted by molar-refractivity contribution is 6.30. The van der Waals surface area contributed by atoms with Gasteiger partial charge in [0.15, 0.2) is 5.96 Å². The van der Waals surface area contributed by atoms with Crippen LogP contribution in [0, 0.1) is 0 Å². The minimum Gasteiger partial charge on any atom is -0.434 e. The Kier molecular flexibility index (Phi) is 7.67. The normalized spacial score (nSPS) is 19.1. The molecule has 140 valence electrons. The first-order chi connectivity index (χ1) is 12.0. The number of morpholine rings is 1. The number of hydrogen-bond donors (Lipinski definition) is 2. The van der Waals surface area contributed by atoms with Gasteiger partial charge in [-0.3, -0.25) is 4.99 Å². The molecule has 1 heterocycles. The van der Waals surface area contributed by atoms with Crippen molar-refractivity contribution in [1.29, 1.82) is 0 Å². The number of alkyl halides is 2. The van der Waals surface area contributed by atoms with Crippen LogP contribution in [-0.2, 0) is 11.3 Å². The minimum absolute atomic E-state index is 0.0706. The number of rotatable bonds is 6. The largest absolute Gasteiger partial charge is 0.434 e. The van der Waals surface area contributed by atoms with Crippen molar-refractivity contribution < 1.29 is 18.3 Å². The van der Waals surface area contributed by atoms with Gasteiger partial charge in [0.25, 0.3) is 0 Å². The van der Waals surface area contributed by atoms with Gasteiger partial charge in [-0.25, -0.2) is 0 Å². The van der Waals surface area contributed by atoms with Crippen molar-refractivity contribution in [2.24, 2.45) is 4.99 Å². The van der Waals surface area contributed by atoms with E-state index >= 15 is 0 Å². The lowest BCUT2D eigenvalue weighted by Crippen LogP contribution is -2.48. The van der Waals surface area contributed by atoms with Crippen LogP contribution in [0.1, 0.15) is 5.56 Å². The second-order valence-corrected chi connectivity index (χ2v) is 6.13. The van der Waals surface area contributed by atoms with Gasteiger partial charge >= 0.3 is 6.61 Å². The molecular weight excluding hydrogens is 354 g/mol. The molecule has 0 aliphatic carbocycles. The van der Waals surface area contributed by atoms with Crippen LogP contribution in [0.4, 0.5) is 8.78 Å². The molecule has 6 nitrogen and oxygen atoms in total. The molecule has 1 fully saturated rings. The first-order valence-electron chi connectivity index (χ1n) is 7.96. The Hall–Kier alpha value is -1.64. The lowest BCUT2D eigenvalue weighted by Gasteiger charge is -2.30. The molecule has 1 aliphatic heterocycles. The van der Waals surface area contributed by atoms with Gasteiger partial charge in [0.1, 0.15) is 5.75 Å². The molecule has 0 bridgehead atoms. The fourth-order valence-electron chi connectivity index (χ4n) is 2.50. The highest BCUT2D eigenvalue weighted by Gasteiger charge is 2.18. The topological polar surface area (TPSA) is 58.1 Å². The van der Waals surface area contributed by atoms with Gasteiger partial charge in [0.2, 0.25) is 0 Å². The molecule has 0 aromatic heterocycles. The number of ether oxygens (including phenoxy) is 2. The summed E-state index contributed by atoms with van der Waals surface area (Å²) in [6.45, 7) is 0.410. The predicted molar refractivity (Wildman–Crippen MR) is 93.5 cm³/mol. The summed E-state index contributed by atoms with van der Waals surface area (Å²) < 4.78 is 35.2. The van der Waals surface area contributed by atoms with Crippen molar-refractivity contribution in [3.63, 3.8) is 0 Å². The average molecular weight is 377 g/mol. The maximum atomic E-state index is 12.5. The summed E-state index contributed by atoms with van der Waals surface area (Å²) in [5, 5.41) is 6.68. The van der Waals surface area contributed by atoms with Crippen LogP contribution in [0.15, 0.2) is 23.2 Å². The molecular formula is C16H23ClF2N4O2. The molecule has 1 aromatic rings. The van der Waals surface area contributed by atoms with E-state index in [0.717, 1.165) is 13.1 Å². The first kappa shape index (κ1) is 19.7. The highest BCUT2D eigenvalue weighted by atomic mass is 35.5. The third-order valence-corrected chi connectivity index (χ3v) is 3.98. The molecule has 1 aromatic carbocycles. The molecule has 1 saturated heterocycles. The molecule has 9 heteroatoms. The summed E-state index contributed by atoms with van der Waals surface area (Å²) >= 11 is 5.94. The van der Waals surface area contributed by atoms with Crippen LogP contribution in [0.3, 0.4) is 0 Å². The van der Waals surface area contributed by atoms with Crippen LogP contribution >= 0.6 is 11.6 Å². The van der Waals surface area contributed by atoms with E-state index < -0.39 is 6.61 Å². The van der Waals surface area contributed by atoms with Gasteiger partial charge in [-0.1, -0.05) is 11.6 Å². The highest BCUT2D eigenvalue weighted by Crippen LogP contribution is 2.24. The van der Waals surface area contributed by atoms with Crippen molar-refractivity contribution in [2.45, 2.75) is 19.3 Å². The lowest BCUT2D eigenvalue weighted by atomic mass is 10.2. The summed E-state index contributed by atoms with van der Waals surface area (Å²) in [5.41, 5.74) is 0.518. The fourth-order valence-corrected chi connectivity index (χ4v) is 2.69. The smallest absolute Gasteiger partial charge is 0.387 e. The van der Waals surface area contributed by atoms with Crippen LogP contribution in [0.5, 0.6) is 5.75 Å². The van der Waals surface area contributed by atoms with Crippen molar-refractivity contribution >= 4 is 17.6 Å². The monoisotopic (exact) mass is 376 g/mol. The number of nitrogens with zero attached hydrogens (tertiary/aromatic N) is 2. The first-order valence-corrected chi connectivity index (χ1v) is 8.33. The average Bonchev–Trinajstić information content (AvgIpc) is 2.57. The van der Waals surface area contributed by atoms with E-state index in [2.05, 4.69) is 25.3 Å². The van der Waals surface area contributed by atoms with E-state index in [0.29, 0.717) is 29.7 Å². The van der Waals surface area contributed by atoms with Crippen molar-refractivity contribution in [3.8, 4) is 5.75 Å². The van der Waals surface area contributed by atoms with Gasteiger partial charge in [0.05, 0.1) is 12.7 Å². The van der Waals surface area contributed by atoms with Gasteiger partial charge in [-0.15, -0.1) is 0 Å². The van der Waals surface area contributed by atoms with Crippen molar-refractivity contribution in [1.82, 2.24) is 15.5 Å². The van der Waals surface area contributed by atoms with Gasteiger partial charge in [0, 0.05) is 43.8 Å². The molecule has 1 atom stereocenters. The Labute approximate surface area is 151 Å². The summed E-state index contributed by atoms with van der Waals surface area (Å²) in [5.74, 6) is 0.624. The van der Waals surface area contributed by atoms with Crippen LogP contribution in [-0.4, -0.2) is 63.9 Å².